The van der Waals surface area contributed by atoms with Gasteiger partial charge in [0.25, 0.3) is 6.48 Å². The molecule has 0 radical (unpaired) electrons. The first-order valence-corrected chi connectivity index (χ1v) is 4.28. The largest absolute Gasteiger partial charge is 0.346 e. The van der Waals surface area contributed by atoms with Crippen LogP contribution in [0.2, 0.25) is 0 Å². The molecule has 0 aliphatic heterocycles. The van der Waals surface area contributed by atoms with Gasteiger partial charge in [-0.25, -0.2) is 0 Å². The summed E-state index contributed by atoms with van der Waals surface area (Å²) >= 11 is 0. The average Bonchev–Trinajstić information content (AvgIpc) is 2.17. The van der Waals surface area contributed by atoms with E-state index in [0.29, 0.717) is 13.2 Å². The highest BCUT2D eigenvalue weighted by atomic mass is 16.8. The highest BCUT2D eigenvalue weighted by molar-refractivity contribution is 5.13. The highest BCUT2D eigenvalue weighted by Crippen LogP contribution is 2.02. The minimum atomic E-state index is -1.12. The van der Waals surface area contributed by atoms with Gasteiger partial charge < -0.3 is 14.6 Å². The molecule has 0 saturated carbocycles. The van der Waals surface area contributed by atoms with E-state index in [-0.39, 0.29) is 0 Å². The molecule has 13 heavy (non-hydrogen) atoms. The Kier molecular flexibility index (Phi) is 4.46. The van der Waals surface area contributed by atoms with Crippen LogP contribution in [0.5, 0.6) is 0 Å². The first-order valence-electron chi connectivity index (χ1n) is 4.28. The number of rotatable bonds is 5. The van der Waals surface area contributed by atoms with Crippen molar-refractivity contribution in [2.45, 2.75) is 20.0 Å². The maximum absolute atomic E-state index is 9.07. The van der Waals surface area contributed by atoms with Crippen molar-refractivity contribution in [1.29, 1.82) is 0 Å². The third-order valence-electron chi connectivity index (χ3n) is 1.54. The fraction of sp³-hybridized carbons (Fsp3) is 0.400. The Labute approximate surface area is 77.9 Å². The monoisotopic (exact) mass is 182 g/mol. The van der Waals surface area contributed by atoms with Crippen LogP contribution in [0.4, 0.5) is 0 Å². The molecule has 0 aliphatic rings. The van der Waals surface area contributed by atoms with E-state index >= 15 is 0 Å². The second-order valence-electron chi connectivity index (χ2n) is 2.56. The number of hydrogen-bond acceptors (Lipinski definition) is 3. The van der Waals surface area contributed by atoms with E-state index in [1.165, 1.54) is 0 Å². The van der Waals surface area contributed by atoms with Crippen LogP contribution in [0, 0.1) is 0 Å². The molecular weight excluding hydrogens is 168 g/mol. The summed E-state index contributed by atoms with van der Waals surface area (Å²) in [7, 11) is 0. The summed E-state index contributed by atoms with van der Waals surface area (Å²) in [5, 5.41) is 9.07. The van der Waals surface area contributed by atoms with Crippen molar-refractivity contribution in [3.8, 4) is 0 Å². The molecule has 3 nitrogen and oxygen atoms in total. The lowest BCUT2D eigenvalue weighted by Crippen LogP contribution is -2.15. The third kappa shape index (κ3) is 4.03. The minimum absolute atomic E-state index is 0.363. The van der Waals surface area contributed by atoms with E-state index in [1.807, 2.05) is 30.3 Å². The summed E-state index contributed by atoms with van der Waals surface area (Å²) in [6.07, 6.45) is 0. The molecule has 1 N–H and O–H groups in total. The highest BCUT2D eigenvalue weighted by Gasteiger charge is 2.01. The van der Waals surface area contributed by atoms with Crippen molar-refractivity contribution in [3.05, 3.63) is 35.9 Å². The lowest BCUT2D eigenvalue weighted by atomic mass is 10.2. The van der Waals surface area contributed by atoms with Gasteiger partial charge in [0.1, 0.15) is 0 Å². The van der Waals surface area contributed by atoms with Gasteiger partial charge in [0.15, 0.2) is 0 Å². The van der Waals surface area contributed by atoms with E-state index in [9.17, 15) is 0 Å². The summed E-state index contributed by atoms with van der Waals surface area (Å²) in [5.74, 6) is 0. The Balaban J connectivity index is 2.27. The van der Waals surface area contributed by atoms with Crippen LogP contribution in [0.15, 0.2) is 30.3 Å². The molecule has 72 valence electrons. The lowest BCUT2D eigenvalue weighted by molar-refractivity contribution is -0.266. The van der Waals surface area contributed by atoms with Gasteiger partial charge in [0, 0.05) is 6.61 Å². The van der Waals surface area contributed by atoms with Gasteiger partial charge in [-0.15, -0.1) is 0 Å². The standard InChI is InChI=1S/C10H14O3/c1-2-12-10(11)13-8-9-6-4-3-5-7-9/h3-7,10-11H,2,8H2,1H3. The lowest BCUT2D eigenvalue weighted by Gasteiger charge is -2.10. The summed E-state index contributed by atoms with van der Waals surface area (Å²) in [6.45, 7) is 1.48. The Morgan fingerprint density at radius 3 is 2.54 bits per heavy atom. The first-order chi connectivity index (χ1) is 6.33. The van der Waals surface area contributed by atoms with Crippen LogP contribution in [0.3, 0.4) is 0 Å². The van der Waals surface area contributed by atoms with E-state index in [2.05, 4.69) is 0 Å². The average molecular weight is 182 g/mol. The van der Waals surface area contributed by atoms with Gasteiger partial charge in [-0.05, 0) is 12.5 Å². The van der Waals surface area contributed by atoms with Gasteiger partial charge >= 0.3 is 0 Å². The summed E-state index contributed by atoms with van der Waals surface area (Å²) in [6, 6.07) is 9.64. The molecule has 0 bridgehead atoms. The SMILES string of the molecule is CCOC(O)OCc1ccccc1. The van der Waals surface area contributed by atoms with Crippen molar-refractivity contribution >= 4 is 0 Å². The predicted octanol–water partition coefficient (Wildman–Crippen LogP) is 1.52. The molecule has 0 aliphatic carbocycles. The minimum Gasteiger partial charge on any atom is -0.346 e. The van der Waals surface area contributed by atoms with E-state index in [1.54, 1.807) is 6.92 Å². The first kappa shape index (κ1) is 10.2. The molecule has 0 heterocycles. The Hall–Kier alpha value is -0.900. The van der Waals surface area contributed by atoms with Crippen LogP contribution in [-0.4, -0.2) is 18.2 Å². The number of ether oxygens (including phenoxy) is 2. The van der Waals surface area contributed by atoms with E-state index in [4.69, 9.17) is 14.6 Å². The summed E-state index contributed by atoms with van der Waals surface area (Å²) < 4.78 is 9.80. The van der Waals surface area contributed by atoms with Crippen molar-refractivity contribution in [2.75, 3.05) is 6.61 Å². The molecule has 3 heteroatoms. The maximum Gasteiger partial charge on any atom is 0.269 e. The Morgan fingerprint density at radius 1 is 1.23 bits per heavy atom. The van der Waals surface area contributed by atoms with Gasteiger partial charge in [-0.3, -0.25) is 0 Å². The second-order valence-corrected chi connectivity index (χ2v) is 2.56. The van der Waals surface area contributed by atoms with Crippen LogP contribution >= 0.6 is 0 Å². The maximum atomic E-state index is 9.07. The zero-order valence-electron chi connectivity index (χ0n) is 7.64. The molecular formula is C10H14O3. The van der Waals surface area contributed by atoms with Crippen LogP contribution < -0.4 is 0 Å². The predicted molar refractivity (Wildman–Crippen MR) is 48.9 cm³/mol. The molecule has 1 aromatic carbocycles. The normalized spacial score (nSPS) is 12.8. The molecule has 0 fully saturated rings. The van der Waals surface area contributed by atoms with Crippen LogP contribution in [0.25, 0.3) is 0 Å². The van der Waals surface area contributed by atoms with Crippen molar-refractivity contribution < 1.29 is 14.6 Å². The van der Waals surface area contributed by atoms with E-state index < -0.39 is 6.48 Å². The Bertz CT molecular complexity index is 223. The summed E-state index contributed by atoms with van der Waals surface area (Å²) in [5.41, 5.74) is 1.02. The number of benzene rings is 1. The van der Waals surface area contributed by atoms with E-state index in [0.717, 1.165) is 5.56 Å². The zero-order chi connectivity index (χ0) is 9.52. The molecule has 0 saturated heterocycles. The molecule has 1 aromatic rings. The van der Waals surface area contributed by atoms with Gasteiger partial charge in [-0.2, -0.15) is 0 Å². The molecule has 0 spiro atoms. The second kappa shape index (κ2) is 5.70. The van der Waals surface area contributed by atoms with Crippen molar-refractivity contribution in [2.24, 2.45) is 0 Å². The van der Waals surface area contributed by atoms with Gasteiger partial charge in [-0.1, -0.05) is 30.3 Å². The summed E-state index contributed by atoms with van der Waals surface area (Å²) in [4.78, 5) is 0. The van der Waals surface area contributed by atoms with Crippen molar-refractivity contribution in [3.63, 3.8) is 0 Å². The number of hydrogen-bond donors (Lipinski definition) is 1. The molecule has 1 rings (SSSR count). The molecule has 0 amide bonds. The van der Waals surface area contributed by atoms with Crippen LogP contribution in [0.1, 0.15) is 12.5 Å². The molecule has 0 aromatic heterocycles. The fourth-order valence-corrected chi connectivity index (χ4v) is 0.932. The van der Waals surface area contributed by atoms with Crippen molar-refractivity contribution in [1.82, 2.24) is 0 Å². The van der Waals surface area contributed by atoms with Crippen LogP contribution in [-0.2, 0) is 16.1 Å². The van der Waals surface area contributed by atoms with Gasteiger partial charge in [0.2, 0.25) is 0 Å². The van der Waals surface area contributed by atoms with Gasteiger partial charge in [0.05, 0.1) is 6.61 Å². The third-order valence-corrected chi connectivity index (χ3v) is 1.54. The molecule has 1 unspecified atom stereocenters. The topological polar surface area (TPSA) is 38.7 Å². The fourth-order valence-electron chi connectivity index (χ4n) is 0.932. The molecule has 1 atom stereocenters. The zero-order valence-corrected chi connectivity index (χ0v) is 7.64. The smallest absolute Gasteiger partial charge is 0.269 e. The Morgan fingerprint density at radius 2 is 1.92 bits per heavy atom. The quantitative estimate of drug-likeness (QED) is 0.701. The number of aliphatic hydroxyl groups is 1. The number of aliphatic hydroxyl groups excluding tert-OH is 1.